The van der Waals surface area contributed by atoms with E-state index in [9.17, 15) is 17.6 Å². The zero-order valence-corrected chi connectivity index (χ0v) is 16.3. The second-order valence-electron chi connectivity index (χ2n) is 6.33. The summed E-state index contributed by atoms with van der Waals surface area (Å²) in [6, 6.07) is 9.89. The third-order valence-corrected chi connectivity index (χ3v) is 5.80. The summed E-state index contributed by atoms with van der Waals surface area (Å²) in [5.74, 6) is -0.0145. The molecule has 0 unspecified atom stereocenters. The quantitative estimate of drug-likeness (QED) is 0.739. The number of nitrogens with zero attached hydrogens (tertiary/aromatic N) is 1. The highest BCUT2D eigenvalue weighted by molar-refractivity contribution is 7.94. The summed E-state index contributed by atoms with van der Waals surface area (Å²) in [5, 5.41) is 1.12. The molecule has 0 N–H and O–H groups in total. The van der Waals surface area contributed by atoms with E-state index in [1.807, 2.05) is 0 Å². The van der Waals surface area contributed by atoms with E-state index in [1.54, 1.807) is 18.2 Å². The fraction of sp³-hybridized carbons (Fsp3) is 0.250. The van der Waals surface area contributed by atoms with Gasteiger partial charge in [0.2, 0.25) is 5.91 Å². The van der Waals surface area contributed by atoms with Gasteiger partial charge in [-0.1, -0.05) is 12.1 Å². The van der Waals surface area contributed by atoms with Crippen molar-refractivity contribution in [1.82, 2.24) is 0 Å². The summed E-state index contributed by atoms with van der Waals surface area (Å²) >= 11 is 0. The number of methoxy groups -OCH3 is 2. The maximum Gasteiger partial charge on any atom is 0.232 e. The molecule has 0 fully saturated rings. The molecule has 2 aromatic carbocycles. The first-order valence-electron chi connectivity index (χ1n) is 8.52. The largest absolute Gasteiger partial charge is 0.497 e. The van der Waals surface area contributed by atoms with Crippen LogP contribution < -0.4 is 14.4 Å². The molecule has 1 aliphatic rings. The van der Waals surface area contributed by atoms with Crippen LogP contribution in [0.4, 0.5) is 10.1 Å². The molecule has 8 heteroatoms. The van der Waals surface area contributed by atoms with Crippen molar-refractivity contribution in [1.29, 1.82) is 0 Å². The molecule has 0 bridgehead atoms. The normalized spacial score (nSPS) is 17.3. The summed E-state index contributed by atoms with van der Waals surface area (Å²) in [6.45, 7) is 0. The number of amides is 1. The number of hydrogen-bond donors (Lipinski definition) is 0. The molecule has 28 heavy (non-hydrogen) atoms. The van der Waals surface area contributed by atoms with Crippen molar-refractivity contribution in [3.05, 3.63) is 65.3 Å². The van der Waals surface area contributed by atoms with Gasteiger partial charge in [0, 0.05) is 11.5 Å². The van der Waals surface area contributed by atoms with Crippen LogP contribution in [0.3, 0.4) is 0 Å². The molecule has 0 saturated carbocycles. The van der Waals surface area contributed by atoms with Crippen LogP contribution in [0.1, 0.15) is 5.56 Å². The third kappa shape index (κ3) is 4.33. The summed E-state index contributed by atoms with van der Waals surface area (Å²) in [5.41, 5.74) is 1.05. The minimum atomic E-state index is -3.38. The highest BCUT2D eigenvalue weighted by atomic mass is 32.2. The summed E-state index contributed by atoms with van der Waals surface area (Å²) in [4.78, 5) is 14.5. The minimum absolute atomic E-state index is 0.0140. The predicted octanol–water partition coefficient (Wildman–Crippen LogP) is 2.73. The summed E-state index contributed by atoms with van der Waals surface area (Å²) in [7, 11) is -0.410. The minimum Gasteiger partial charge on any atom is -0.497 e. The molecule has 1 atom stereocenters. The zero-order chi connectivity index (χ0) is 20.3. The number of sulfone groups is 1. The molecule has 6 nitrogen and oxygen atoms in total. The van der Waals surface area contributed by atoms with E-state index in [-0.39, 0.29) is 18.1 Å². The maximum absolute atomic E-state index is 13.1. The second kappa shape index (κ2) is 8.02. The van der Waals surface area contributed by atoms with Crippen LogP contribution >= 0.6 is 0 Å². The Labute approximate surface area is 163 Å². The Morgan fingerprint density at radius 3 is 2.43 bits per heavy atom. The number of ether oxygens (including phenoxy) is 2. The summed E-state index contributed by atoms with van der Waals surface area (Å²) in [6.07, 6.45) is 1.47. The van der Waals surface area contributed by atoms with Gasteiger partial charge in [-0.25, -0.2) is 12.8 Å². The number of carbonyl (C=O) groups is 1. The molecule has 3 rings (SSSR count). The van der Waals surface area contributed by atoms with Gasteiger partial charge in [0.25, 0.3) is 0 Å². The SMILES string of the molecule is COc1ccc(N(C(=O)Cc2ccc(F)cc2)[C@H]2C=CS(=O)(=O)C2)c(OC)c1. The van der Waals surface area contributed by atoms with Crippen molar-refractivity contribution >= 4 is 21.4 Å². The Bertz CT molecular complexity index is 1000. The van der Waals surface area contributed by atoms with Crippen LogP contribution in [0, 0.1) is 5.82 Å². The number of halogens is 1. The van der Waals surface area contributed by atoms with Gasteiger partial charge in [0.15, 0.2) is 9.84 Å². The van der Waals surface area contributed by atoms with Crippen molar-refractivity contribution in [3.8, 4) is 11.5 Å². The number of benzene rings is 2. The van der Waals surface area contributed by atoms with E-state index in [2.05, 4.69) is 0 Å². The first-order chi connectivity index (χ1) is 13.3. The lowest BCUT2D eigenvalue weighted by Gasteiger charge is -2.29. The Balaban J connectivity index is 1.99. The Kier molecular flexibility index (Phi) is 5.69. The standard InChI is InChI=1S/C20H20FNO5S/c1-26-17-7-8-18(19(12-17)27-2)22(16-9-10-28(24,25)13-16)20(23)11-14-3-5-15(21)6-4-14/h3-10,12,16H,11,13H2,1-2H3/t16-/m0/s1. The van der Waals surface area contributed by atoms with E-state index < -0.39 is 21.7 Å². The predicted molar refractivity (Wildman–Crippen MR) is 104 cm³/mol. The molecule has 1 aliphatic heterocycles. The smallest absolute Gasteiger partial charge is 0.232 e. The molecule has 2 aromatic rings. The van der Waals surface area contributed by atoms with Gasteiger partial charge < -0.3 is 14.4 Å². The topological polar surface area (TPSA) is 72.9 Å². The van der Waals surface area contributed by atoms with Crippen LogP contribution in [-0.2, 0) is 21.1 Å². The van der Waals surface area contributed by atoms with E-state index >= 15 is 0 Å². The Morgan fingerprint density at radius 2 is 1.86 bits per heavy atom. The van der Waals surface area contributed by atoms with E-state index in [4.69, 9.17) is 9.47 Å². The van der Waals surface area contributed by atoms with Gasteiger partial charge in [0.05, 0.1) is 38.1 Å². The van der Waals surface area contributed by atoms with Gasteiger partial charge in [-0.15, -0.1) is 0 Å². The lowest BCUT2D eigenvalue weighted by atomic mass is 10.1. The Hall–Kier alpha value is -2.87. The zero-order valence-electron chi connectivity index (χ0n) is 15.5. The Morgan fingerprint density at radius 1 is 1.14 bits per heavy atom. The lowest BCUT2D eigenvalue weighted by Crippen LogP contribution is -2.42. The van der Waals surface area contributed by atoms with Crippen LogP contribution in [0.5, 0.6) is 11.5 Å². The third-order valence-electron chi connectivity index (χ3n) is 4.43. The summed E-state index contributed by atoms with van der Waals surface area (Å²) < 4.78 is 47.6. The lowest BCUT2D eigenvalue weighted by molar-refractivity contribution is -0.118. The molecular weight excluding hydrogens is 385 g/mol. The number of rotatable bonds is 6. The average molecular weight is 405 g/mol. The van der Waals surface area contributed by atoms with Crippen molar-refractivity contribution in [2.24, 2.45) is 0 Å². The highest BCUT2D eigenvalue weighted by Gasteiger charge is 2.33. The van der Waals surface area contributed by atoms with Crippen molar-refractivity contribution in [2.45, 2.75) is 12.5 Å². The first-order valence-corrected chi connectivity index (χ1v) is 10.2. The van der Waals surface area contributed by atoms with Crippen molar-refractivity contribution in [3.63, 3.8) is 0 Å². The molecule has 0 spiro atoms. The van der Waals surface area contributed by atoms with Gasteiger partial charge in [-0.3, -0.25) is 4.79 Å². The molecule has 0 saturated heterocycles. The van der Waals surface area contributed by atoms with Crippen molar-refractivity contribution in [2.75, 3.05) is 24.9 Å². The fourth-order valence-corrected chi connectivity index (χ4v) is 4.33. The van der Waals surface area contributed by atoms with Crippen LogP contribution in [-0.4, -0.2) is 40.3 Å². The van der Waals surface area contributed by atoms with Crippen molar-refractivity contribution < 1.29 is 27.1 Å². The molecule has 0 radical (unpaired) electrons. The van der Waals surface area contributed by atoms with E-state index in [1.165, 1.54) is 49.5 Å². The number of hydrogen-bond acceptors (Lipinski definition) is 5. The maximum atomic E-state index is 13.1. The van der Waals surface area contributed by atoms with E-state index in [0.717, 1.165) is 5.41 Å². The molecular formula is C20H20FNO5S. The number of anilines is 1. The first kappa shape index (κ1) is 19.9. The fourth-order valence-electron chi connectivity index (χ4n) is 3.06. The molecule has 0 aromatic heterocycles. The van der Waals surface area contributed by atoms with Crippen LogP contribution in [0.15, 0.2) is 53.9 Å². The molecule has 1 heterocycles. The van der Waals surface area contributed by atoms with Crippen LogP contribution in [0.25, 0.3) is 0 Å². The second-order valence-corrected chi connectivity index (χ2v) is 8.26. The molecule has 0 aliphatic carbocycles. The molecule has 1 amide bonds. The van der Waals surface area contributed by atoms with Gasteiger partial charge in [0.1, 0.15) is 17.3 Å². The van der Waals surface area contributed by atoms with E-state index in [0.29, 0.717) is 22.7 Å². The van der Waals surface area contributed by atoms with Gasteiger partial charge in [-0.05, 0) is 35.9 Å². The van der Waals surface area contributed by atoms with Crippen LogP contribution in [0.2, 0.25) is 0 Å². The number of carbonyl (C=O) groups excluding carboxylic acids is 1. The van der Waals surface area contributed by atoms with Gasteiger partial charge >= 0.3 is 0 Å². The monoisotopic (exact) mass is 405 g/mol. The molecule has 148 valence electrons. The average Bonchev–Trinajstić information content (AvgIpc) is 3.03. The highest BCUT2D eigenvalue weighted by Crippen LogP contribution is 2.35. The van der Waals surface area contributed by atoms with Gasteiger partial charge in [-0.2, -0.15) is 0 Å².